The topological polar surface area (TPSA) is 18.5 Å². The Morgan fingerprint density at radius 3 is 1.11 bits per heavy atom. The maximum Gasteiger partial charge on any atom is 0.460 e. The number of halogens is 17. The van der Waals surface area contributed by atoms with Gasteiger partial charge >= 0.3 is 48.5 Å². The summed E-state index contributed by atoms with van der Waals surface area (Å²) in [4.78, 5) is 3.55. The van der Waals surface area contributed by atoms with E-state index in [4.69, 9.17) is 0 Å². The Morgan fingerprint density at radius 2 is 0.815 bits per heavy atom. The quantitative estimate of drug-likeness (QED) is 0.289. The van der Waals surface area contributed by atoms with Crippen LogP contribution >= 0.6 is 0 Å². The fourth-order valence-corrected chi connectivity index (χ4v) is 0.965. The lowest BCUT2D eigenvalue weighted by Crippen LogP contribution is -2.70. The second-order valence-electron chi connectivity index (χ2n) is 4.35. The van der Waals surface area contributed by atoms with Crippen molar-refractivity contribution in [2.75, 3.05) is 0 Å². The molecule has 0 aromatic heterocycles. The molecule has 164 valence electrons. The third kappa shape index (κ3) is 4.11. The molecule has 0 aliphatic rings. The van der Waals surface area contributed by atoms with Gasteiger partial charge in [0, 0.05) is 0 Å². The van der Waals surface area contributed by atoms with E-state index in [-0.39, 0.29) is 0 Å². The fraction of sp³-hybridized carbons (Fsp3) is 1.00. The molecule has 0 saturated carbocycles. The molecule has 0 aromatic rings. The van der Waals surface area contributed by atoms with Crippen LogP contribution in [0.25, 0.3) is 0 Å². The monoisotopic (exact) mass is 452 g/mol. The van der Waals surface area contributed by atoms with Crippen LogP contribution in [0.1, 0.15) is 0 Å². The zero-order chi connectivity index (χ0) is 22.5. The van der Waals surface area contributed by atoms with Crippen molar-refractivity contribution in [1.82, 2.24) is 0 Å². The Morgan fingerprint density at radius 1 is 0.481 bits per heavy atom. The molecule has 0 rings (SSSR count). The van der Waals surface area contributed by atoms with E-state index in [1.165, 1.54) is 0 Å². The molecular weight excluding hydrogens is 451 g/mol. The normalized spacial score (nSPS) is 17.2. The molecule has 0 aliphatic heterocycles. The van der Waals surface area contributed by atoms with Gasteiger partial charge in [0.2, 0.25) is 0 Å². The highest BCUT2D eigenvalue weighted by Gasteiger charge is 2.91. The predicted molar refractivity (Wildman–Crippen MR) is 43.9 cm³/mol. The predicted octanol–water partition coefficient (Wildman–Crippen LogP) is 5.49. The van der Waals surface area contributed by atoms with E-state index in [2.05, 4.69) is 0 Å². The third-order valence-electron chi connectivity index (χ3n) is 2.40. The molecule has 0 N–H and O–H groups in total. The van der Waals surface area contributed by atoms with Gasteiger partial charge in [0.1, 0.15) is 0 Å². The molecule has 0 aliphatic carbocycles. The van der Waals surface area contributed by atoms with Crippen LogP contribution in [0.15, 0.2) is 0 Å². The third-order valence-corrected chi connectivity index (χ3v) is 2.40. The number of rotatable bonds is 7. The van der Waals surface area contributed by atoms with Crippen LogP contribution in [0.4, 0.5) is 74.6 Å². The lowest BCUT2D eigenvalue weighted by Gasteiger charge is -2.38. The lowest BCUT2D eigenvalue weighted by molar-refractivity contribution is -0.549. The van der Waals surface area contributed by atoms with Gasteiger partial charge in [-0.1, -0.05) is 0 Å². The van der Waals surface area contributed by atoms with Gasteiger partial charge in [0.15, 0.2) is 0 Å². The van der Waals surface area contributed by atoms with Gasteiger partial charge in [-0.3, -0.25) is 0 Å². The first-order valence-corrected chi connectivity index (χ1v) is 5.39. The van der Waals surface area contributed by atoms with E-state index in [1.807, 2.05) is 4.89 Å². The van der Waals surface area contributed by atoms with E-state index in [9.17, 15) is 74.6 Å². The second kappa shape index (κ2) is 6.66. The molecule has 0 bridgehead atoms. The highest BCUT2D eigenvalue weighted by molar-refractivity contribution is 5.08. The first kappa shape index (κ1) is 25.7. The van der Waals surface area contributed by atoms with E-state index >= 15 is 0 Å². The minimum absolute atomic E-state index is 1.64. The lowest BCUT2D eigenvalue weighted by atomic mass is 9.97. The van der Waals surface area contributed by atoms with Crippen LogP contribution in [-0.2, 0) is 9.78 Å². The zero-order valence-electron chi connectivity index (χ0n) is 11.3. The van der Waals surface area contributed by atoms with Gasteiger partial charge in [-0.15, -0.1) is 0 Å². The van der Waals surface area contributed by atoms with Crippen LogP contribution in [-0.4, -0.2) is 48.5 Å². The van der Waals surface area contributed by atoms with Gasteiger partial charge in [-0.05, 0) is 0 Å². The first-order chi connectivity index (χ1) is 11.4. The fourth-order valence-electron chi connectivity index (χ4n) is 0.965. The number of alkyl halides is 17. The van der Waals surface area contributed by atoms with Gasteiger partial charge < -0.3 is 0 Å². The molecule has 1 atom stereocenters. The van der Waals surface area contributed by atoms with Gasteiger partial charge in [0.05, 0.1) is 0 Å². The summed E-state index contributed by atoms with van der Waals surface area (Å²) in [6.45, 7) is 0. The van der Waals surface area contributed by atoms with E-state index < -0.39 is 48.5 Å². The molecule has 0 fully saturated rings. The number of hydrogen-bond donors (Lipinski definition) is 0. The minimum atomic E-state index is -8.31. The summed E-state index contributed by atoms with van der Waals surface area (Å²) < 4.78 is 209. The second-order valence-corrected chi connectivity index (χ2v) is 4.35. The molecule has 1 unspecified atom stereocenters. The molecule has 0 amide bonds. The molecule has 19 heteroatoms. The molecule has 0 saturated heterocycles. The highest BCUT2D eigenvalue weighted by Crippen LogP contribution is 2.60. The average Bonchev–Trinajstić information content (AvgIpc) is 2.41. The van der Waals surface area contributed by atoms with E-state index in [1.54, 1.807) is 4.89 Å². The Balaban J connectivity index is 5.95. The SMILES string of the molecule is FC(OOC(F)(F)C(F)(F)C(F)(F)C(F)(F)C(F)(F)C(F)(F)F)C(F)(F)F. The van der Waals surface area contributed by atoms with Crippen molar-refractivity contribution in [2.24, 2.45) is 0 Å². The Bertz CT molecular complexity index is 516. The summed E-state index contributed by atoms with van der Waals surface area (Å²) in [5.41, 5.74) is 0. The van der Waals surface area contributed by atoms with Crippen LogP contribution in [0.5, 0.6) is 0 Å². The number of hydrogen-bond acceptors (Lipinski definition) is 2. The van der Waals surface area contributed by atoms with Crippen molar-refractivity contribution in [3.05, 3.63) is 0 Å². The summed E-state index contributed by atoms with van der Waals surface area (Å²) in [6.07, 6.45) is -26.5. The smallest absolute Gasteiger partial charge is 0.203 e. The minimum Gasteiger partial charge on any atom is -0.203 e. The largest absolute Gasteiger partial charge is 0.460 e. The summed E-state index contributed by atoms with van der Waals surface area (Å²) in [6, 6.07) is 0. The summed E-state index contributed by atoms with van der Waals surface area (Å²) in [5, 5.41) is 0. The Labute approximate surface area is 134 Å². The van der Waals surface area contributed by atoms with Crippen molar-refractivity contribution in [3.63, 3.8) is 0 Å². The van der Waals surface area contributed by atoms with Crippen LogP contribution in [0, 0.1) is 0 Å². The van der Waals surface area contributed by atoms with E-state index in [0.29, 0.717) is 0 Å². The van der Waals surface area contributed by atoms with Crippen LogP contribution < -0.4 is 0 Å². The first-order valence-electron chi connectivity index (χ1n) is 5.39. The molecule has 27 heavy (non-hydrogen) atoms. The maximum absolute atomic E-state index is 12.9. The molecule has 0 spiro atoms. The maximum atomic E-state index is 12.9. The van der Waals surface area contributed by atoms with Crippen molar-refractivity contribution in [1.29, 1.82) is 0 Å². The highest BCUT2D eigenvalue weighted by atomic mass is 19.4. The Hall–Kier alpha value is -1.27. The zero-order valence-corrected chi connectivity index (χ0v) is 11.3. The van der Waals surface area contributed by atoms with Gasteiger partial charge in [-0.2, -0.15) is 80.0 Å². The van der Waals surface area contributed by atoms with Crippen LogP contribution in [0.2, 0.25) is 0 Å². The van der Waals surface area contributed by atoms with Crippen molar-refractivity contribution >= 4 is 0 Å². The molecule has 0 radical (unpaired) electrons. The van der Waals surface area contributed by atoms with E-state index in [0.717, 1.165) is 0 Å². The van der Waals surface area contributed by atoms with Crippen molar-refractivity contribution in [3.8, 4) is 0 Å². The van der Waals surface area contributed by atoms with Crippen LogP contribution in [0.3, 0.4) is 0 Å². The summed E-state index contributed by atoms with van der Waals surface area (Å²) in [7, 11) is 0. The molecule has 0 heterocycles. The Kier molecular flexibility index (Phi) is 6.35. The molecule has 2 nitrogen and oxygen atoms in total. The van der Waals surface area contributed by atoms with Crippen molar-refractivity contribution in [2.45, 2.75) is 48.5 Å². The standard InChI is InChI=1S/C8HF17O2/c9-1(2(10,11)12)26-27-8(24,25)6(19,20)4(15,16)3(13,14)5(17,18)7(21,22)23/h1H. The summed E-state index contributed by atoms with van der Waals surface area (Å²) >= 11 is 0. The summed E-state index contributed by atoms with van der Waals surface area (Å²) in [5.74, 6) is -32.7. The van der Waals surface area contributed by atoms with Gasteiger partial charge in [-0.25, -0.2) is 4.39 Å². The molecule has 0 aromatic carbocycles. The van der Waals surface area contributed by atoms with Gasteiger partial charge in [0.25, 0.3) is 0 Å². The van der Waals surface area contributed by atoms with Crippen molar-refractivity contribution < 1.29 is 84.4 Å². The average molecular weight is 452 g/mol. The molecular formula is C8HF17O2.